The molecule has 0 N–H and O–H groups in total. The zero-order chi connectivity index (χ0) is 16.8. The van der Waals surface area contributed by atoms with E-state index in [-0.39, 0.29) is 12.6 Å². The van der Waals surface area contributed by atoms with Gasteiger partial charge in [0.2, 0.25) is 0 Å². The first-order valence-corrected chi connectivity index (χ1v) is 9.74. The van der Waals surface area contributed by atoms with Crippen LogP contribution in [0.5, 0.6) is 5.75 Å². The van der Waals surface area contributed by atoms with Gasteiger partial charge in [0.05, 0.1) is 0 Å². The van der Waals surface area contributed by atoms with Crippen molar-refractivity contribution in [3.8, 4) is 5.75 Å². The molecule has 0 aliphatic carbocycles. The summed E-state index contributed by atoms with van der Waals surface area (Å²) in [6.45, 7) is 7.39. The van der Waals surface area contributed by atoms with E-state index in [0.717, 1.165) is 11.6 Å². The summed E-state index contributed by atoms with van der Waals surface area (Å²) in [4.78, 5) is 11.6. The van der Waals surface area contributed by atoms with Gasteiger partial charge in [-0.25, -0.2) is 4.79 Å². The van der Waals surface area contributed by atoms with Gasteiger partial charge >= 0.3 is 14.5 Å². The summed E-state index contributed by atoms with van der Waals surface area (Å²) in [6.07, 6.45) is 0. The third kappa shape index (κ3) is 6.59. The second-order valence-electron chi connectivity index (χ2n) is 6.24. The number of hydrogen-bond donors (Lipinski definition) is 0. The minimum atomic E-state index is -2.13. The molecule has 124 valence electrons. The van der Waals surface area contributed by atoms with E-state index >= 15 is 0 Å². The van der Waals surface area contributed by atoms with Crippen molar-refractivity contribution < 1.29 is 23.1 Å². The second kappa shape index (κ2) is 7.76. The molecule has 1 aromatic carbocycles. The average Bonchev–Trinajstić information content (AvgIpc) is 2.44. The number of ether oxygens (including phenoxy) is 2. The standard InChI is InChI=1S/C16H26O5Si/c1-16(2,3)21-15(17)11-20-14-9-7-13(8-10-14)12-22(6,18-4)19-5/h7-10H,11-12H2,1-6H3. The van der Waals surface area contributed by atoms with Crippen LogP contribution in [0.2, 0.25) is 6.55 Å². The lowest BCUT2D eigenvalue weighted by Gasteiger charge is -2.22. The van der Waals surface area contributed by atoms with Gasteiger partial charge in [-0.1, -0.05) is 12.1 Å². The number of esters is 1. The summed E-state index contributed by atoms with van der Waals surface area (Å²) < 4.78 is 21.6. The lowest BCUT2D eigenvalue weighted by Crippen LogP contribution is -2.39. The van der Waals surface area contributed by atoms with Crippen LogP contribution in [-0.4, -0.2) is 41.0 Å². The summed E-state index contributed by atoms with van der Waals surface area (Å²) in [6, 6.07) is 8.33. The van der Waals surface area contributed by atoms with Gasteiger partial charge < -0.3 is 18.3 Å². The summed E-state index contributed by atoms with van der Waals surface area (Å²) in [7, 11) is 1.22. The zero-order valence-electron chi connectivity index (χ0n) is 14.3. The first kappa shape index (κ1) is 18.7. The highest BCUT2D eigenvalue weighted by Crippen LogP contribution is 2.17. The lowest BCUT2D eigenvalue weighted by atomic mass is 10.2. The molecule has 0 atom stereocenters. The Morgan fingerprint density at radius 3 is 2.09 bits per heavy atom. The molecule has 0 spiro atoms. The van der Waals surface area contributed by atoms with Crippen molar-refractivity contribution in [2.24, 2.45) is 0 Å². The molecular formula is C16H26O5Si. The van der Waals surface area contributed by atoms with Crippen LogP contribution in [-0.2, 0) is 24.4 Å². The number of carbonyl (C=O) groups excluding carboxylic acids is 1. The maximum Gasteiger partial charge on any atom is 0.344 e. The predicted molar refractivity (Wildman–Crippen MR) is 87.1 cm³/mol. The highest BCUT2D eigenvalue weighted by Gasteiger charge is 2.28. The Morgan fingerprint density at radius 2 is 1.64 bits per heavy atom. The van der Waals surface area contributed by atoms with Gasteiger partial charge in [0, 0.05) is 20.3 Å². The normalized spacial score (nSPS) is 12.1. The molecule has 1 aromatic rings. The fraction of sp³-hybridized carbons (Fsp3) is 0.562. The van der Waals surface area contributed by atoms with Crippen LogP contribution in [0.4, 0.5) is 0 Å². The van der Waals surface area contributed by atoms with E-state index in [1.54, 1.807) is 14.2 Å². The Hall–Kier alpha value is -1.37. The highest BCUT2D eigenvalue weighted by molar-refractivity contribution is 6.65. The minimum Gasteiger partial charge on any atom is -0.482 e. The molecule has 1 rings (SSSR count). The van der Waals surface area contributed by atoms with E-state index in [9.17, 15) is 4.79 Å². The van der Waals surface area contributed by atoms with Gasteiger partial charge in [-0.2, -0.15) is 0 Å². The highest BCUT2D eigenvalue weighted by atomic mass is 28.4. The van der Waals surface area contributed by atoms with Crippen molar-refractivity contribution in [1.82, 2.24) is 0 Å². The molecule has 0 aromatic heterocycles. The third-order valence-corrected chi connectivity index (χ3v) is 5.87. The Kier molecular flexibility index (Phi) is 6.59. The third-order valence-electron chi connectivity index (χ3n) is 3.09. The van der Waals surface area contributed by atoms with Crippen molar-refractivity contribution >= 4 is 14.5 Å². The zero-order valence-corrected chi connectivity index (χ0v) is 15.3. The molecule has 0 heterocycles. The van der Waals surface area contributed by atoms with Crippen LogP contribution < -0.4 is 4.74 Å². The maximum absolute atomic E-state index is 11.6. The maximum atomic E-state index is 11.6. The van der Waals surface area contributed by atoms with Crippen molar-refractivity contribution in [3.05, 3.63) is 29.8 Å². The first-order chi connectivity index (χ1) is 10.2. The van der Waals surface area contributed by atoms with Crippen LogP contribution in [0, 0.1) is 0 Å². The van der Waals surface area contributed by atoms with Crippen molar-refractivity contribution in [3.63, 3.8) is 0 Å². The molecule has 0 fully saturated rings. The van der Waals surface area contributed by atoms with Gasteiger partial charge in [0.1, 0.15) is 11.4 Å². The molecule has 0 bridgehead atoms. The molecular weight excluding hydrogens is 300 g/mol. The molecule has 0 saturated heterocycles. The monoisotopic (exact) mass is 326 g/mol. The Labute approximate surface area is 133 Å². The van der Waals surface area contributed by atoms with E-state index in [2.05, 4.69) is 0 Å². The molecule has 0 amide bonds. The Morgan fingerprint density at radius 1 is 1.09 bits per heavy atom. The van der Waals surface area contributed by atoms with Crippen LogP contribution >= 0.6 is 0 Å². The van der Waals surface area contributed by atoms with E-state index in [0.29, 0.717) is 5.75 Å². The quantitative estimate of drug-likeness (QED) is 0.570. The number of carbonyl (C=O) groups is 1. The molecule has 0 radical (unpaired) electrons. The fourth-order valence-corrected chi connectivity index (χ4v) is 3.25. The molecule has 22 heavy (non-hydrogen) atoms. The number of benzene rings is 1. The Balaban J connectivity index is 2.54. The van der Waals surface area contributed by atoms with Crippen molar-refractivity contribution in [1.29, 1.82) is 0 Å². The molecule has 0 aliphatic heterocycles. The summed E-state index contributed by atoms with van der Waals surface area (Å²) in [5, 5.41) is 0. The van der Waals surface area contributed by atoms with Gasteiger partial charge in [-0.15, -0.1) is 0 Å². The molecule has 0 saturated carbocycles. The molecule has 6 heteroatoms. The second-order valence-corrected chi connectivity index (χ2v) is 9.68. The van der Waals surface area contributed by atoms with Gasteiger partial charge in [0.25, 0.3) is 0 Å². The lowest BCUT2D eigenvalue weighted by molar-refractivity contribution is -0.157. The van der Waals surface area contributed by atoms with Gasteiger partial charge in [-0.05, 0) is 45.0 Å². The minimum absolute atomic E-state index is 0.0980. The number of rotatable bonds is 7. The van der Waals surface area contributed by atoms with E-state index < -0.39 is 14.2 Å². The van der Waals surface area contributed by atoms with Crippen LogP contribution in [0.15, 0.2) is 24.3 Å². The average molecular weight is 326 g/mol. The van der Waals surface area contributed by atoms with Crippen molar-refractivity contribution in [2.45, 2.75) is 39.0 Å². The van der Waals surface area contributed by atoms with Crippen LogP contribution in [0.3, 0.4) is 0 Å². The van der Waals surface area contributed by atoms with Gasteiger partial charge in [0.15, 0.2) is 6.61 Å². The smallest absolute Gasteiger partial charge is 0.344 e. The van der Waals surface area contributed by atoms with E-state index in [1.807, 2.05) is 51.6 Å². The largest absolute Gasteiger partial charge is 0.482 e. The van der Waals surface area contributed by atoms with E-state index in [4.69, 9.17) is 18.3 Å². The SMILES string of the molecule is CO[Si](C)(Cc1ccc(OCC(=O)OC(C)(C)C)cc1)OC. The van der Waals surface area contributed by atoms with E-state index in [1.165, 1.54) is 0 Å². The number of hydrogen-bond acceptors (Lipinski definition) is 5. The summed E-state index contributed by atoms with van der Waals surface area (Å²) >= 11 is 0. The topological polar surface area (TPSA) is 54.0 Å². The first-order valence-electron chi connectivity index (χ1n) is 7.21. The predicted octanol–water partition coefficient (Wildman–Crippen LogP) is 2.85. The molecule has 0 unspecified atom stereocenters. The Bertz CT molecular complexity index is 474. The molecule has 0 aliphatic rings. The summed E-state index contributed by atoms with van der Waals surface area (Å²) in [5.74, 6) is 0.253. The van der Waals surface area contributed by atoms with Crippen molar-refractivity contribution in [2.75, 3.05) is 20.8 Å². The fourth-order valence-electron chi connectivity index (χ4n) is 1.82. The summed E-state index contributed by atoms with van der Waals surface area (Å²) in [5.41, 5.74) is 0.613. The van der Waals surface area contributed by atoms with Gasteiger partial charge in [-0.3, -0.25) is 0 Å². The van der Waals surface area contributed by atoms with Crippen LogP contribution in [0.25, 0.3) is 0 Å². The molecule has 5 nitrogen and oxygen atoms in total. The van der Waals surface area contributed by atoms with Crippen LogP contribution in [0.1, 0.15) is 26.3 Å².